The summed E-state index contributed by atoms with van der Waals surface area (Å²) in [5, 5.41) is 9.71. The summed E-state index contributed by atoms with van der Waals surface area (Å²) in [6, 6.07) is 4.88. The molecule has 2 rings (SSSR count). The van der Waals surface area contributed by atoms with Gasteiger partial charge in [0.25, 0.3) is 0 Å². The van der Waals surface area contributed by atoms with Crippen molar-refractivity contribution in [3.05, 3.63) is 45.4 Å². The van der Waals surface area contributed by atoms with Gasteiger partial charge in [-0.05, 0) is 30.0 Å². The number of alkyl halides is 3. The Morgan fingerprint density at radius 1 is 1.14 bits per heavy atom. The molecule has 28 heavy (non-hydrogen) atoms. The van der Waals surface area contributed by atoms with E-state index in [9.17, 15) is 23.1 Å². The van der Waals surface area contributed by atoms with Gasteiger partial charge in [0.05, 0.1) is 27.9 Å². The molecule has 9 heteroatoms. The number of benzene rings is 1. The number of ether oxygens (including phenoxy) is 1. The average molecular weight is 436 g/mol. The average Bonchev–Trinajstić information content (AvgIpc) is 2.54. The second-order valence-corrected chi connectivity index (χ2v) is 8.14. The van der Waals surface area contributed by atoms with Crippen molar-refractivity contribution in [2.75, 3.05) is 6.61 Å². The van der Waals surface area contributed by atoms with E-state index >= 15 is 0 Å². The summed E-state index contributed by atoms with van der Waals surface area (Å²) in [5.74, 6) is -2.36. The molecule has 1 heterocycles. The number of carbonyl (C=O) groups is 1. The predicted molar refractivity (Wildman–Crippen MR) is 101 cm³/mol. The van der Waals surface area contributed by atoms with Gasteiger partial charge in [-0.1, -0.05) is 50.0 Å². The van der Waals surface area contributed by atoms with Crippen molar-refractivity contribution >= 4 is 29.2 Å². The monoisotopic (exact) mass is 435 g/mol. The molecule has 0 unspecified atom stereocenters. The van der Waals surface area contributed by atoms with Crippen LogP contribution in [0.2, 0.25) is 10.0 Å². The Hall–Kier alpha value is -1.99. The van der Waals surface area contributed by atoms with Crippen LogP contribution in [0.3, 0.4) is 0 Å². The van der Waals surface area contributed by atoms with E-state index in [0.29, 0.717) is 12.5 Å². The molecule has 0 atom stereocenters. The molecular weight excluding hydrogens is 418 g/mol. The fourth-order valence-corrected chi connectivity index (χ4v) is 2.61. The maximum atomic E-state index is 13.5. The third-order valence-corrected chi connectivity index (χ3v) is 4.55. The number of hydrogen-bond donors (Lipinski definition) is 1. The van der Waals surface area contributed by atoms with Gasteiger partial charge in [0, 0.05) is 5.56 Å². The van der Waals surface area contributed by atoms with Crippen molar-refractivity contribution in [2.45, 2.75) is 33.4 Å². The second kappa shape index (κ2) is 8.17. The van der Waals surface area contributed by atoms with E-state index in [1.807, 2.05) is 20.8 Å². The number of carboxylic acids is 1. The lowest BCUT2D eigenvalue weighted by Crippen LogP contribution is -2.18. The number of nitrogens with zero attached hydrogens (tertiary/aromatic N) is 1. The summed E-state index contributed by atoms with van der Waals surface area (Å²) in [6.45, 7) is 5.79. The number of halogens is 5. The van der Waals surface area contributed by atoms with Gasteiger partial charge in [-0.25, -0.2) is 9.78 Å². The van der Waals surface area contributed by atoms with Crippen molar-refractivity contribution in [3.8, 4) is 17.1 Å². The maximum Gasteiger partial charge on any atom is 0.417 e. The first kappa shape index (κ1) is 22.3. The van der Waals surface area contributed by atoms with Crippen LogP contribution in [0.5, 0.6) is 5.88 Å². The van der Waals surface area contributed by atoms with E-state index < -0.39 is 29.2 Å². The minimum atomic E-state index is -4.91. The van der Waals surface area contributed by atoms with Gasteiger partial charge in [0.2, 0.25) is 5.88 Å². The Morgan fingerprint density at radius 2 is 1.79 bits per heavy atom. The zero-order chi connectivity index (χ0) is 21.3. The summed E-state index contributed by atoms with van der Waals surface area (Å²) < 4.78 is 46.0. The number of rotatable bonds is 5. The minimum Gasteiger partial charge on any atom is -0.477 e. The maximum absolute atomic E-state index is 13.5. The largest absolute Gasteiger partial charge is 0.477 e. The molecule has 0 aliphatic heterocycles. The van der Waals surface area contributed by atoms with Crippen molar-refractivity contribution in [1.82, 2.24) is 4.98 Å². The number of aromatic carboxylic acids is 1. The Kier molecular flexibility index (Phi) is 6.51. The minimum absolute atomic E-state index is 0.0128. The molecule has 4 nitrogen and oxygen atoms in total. The van der Waals surface area contributed by atoms with Crippen LogP contribution in [0.15, 0.2) is 24.3 Å². The van der Waals surface area contributed by atoms with Crippen LogP contribution in [0.4, 0.5) is 13.2 Å². The van der Waals surface area contributed by atoms with Crippen molar-refractivity contribution in [1.29, 1.82) is 0 Å². The van der Waals surface area contributed by atoms with E-state index in [1.54, 1.807) is 0 Å². The van der Waals surface area contributed by atoms with Crippen molar-refractivity contribution in [2.24, 2.45) is 5.41 Å². The molecule has 152 valence electrons. The van der Waals surface area contributed by atoms with Gasteiger partial charge in [-0.15, -0.1) is 0 Å². The fourth-order valence-electron chi connectivity index (χ4n) is 2.31. The smallest absolute Gasteiger partial charge is 0.417 e. The molecule has 0 saturated heterocycles. The van der Waals surface area contributed by atoms with Gasteiger partial charge in [-0.2, -0.15) is 13.2 Å². The van der Waals surface area contributed by atoms with E-state index in [2.05, 4.69) is 4.98 Å². The van der Waals surface area contributed by atoms with Crippen molar-refractivity contribution < 1.29 is 27.8 Å². The lowest BCUT2D eigenvalue weighted by molar-refractivity contribution is -0.138. The highest BCUT2D eigenvalue weighted by Crippen LogP contribution is 2.39. The lowest BCUT2D eigenvalue weighted by atomic mass is 9.93. The molecule has 0 aliphatic rings. The molecule has 0 radical (unpaired) electrons. The van der Waals surface area contributed by atoms with E-state index in [1.165, 1.54) is 18.2 Å². The summed E-state index contributed by atoms with van der Waals surface area (Å²) in [4.78, 5) is 15.6. The molecule has 1 aromatic carbocycles. The van der Waals surface area contributed by atoms with E-state index in [-0.39, 0.29) is 33.3 Å². The molecule has 0 aliphatic carbocycles. The Morgan fingerprint density at radius 3 is 2.29 bits per heavy atom. The summed E-state index contributed by atoms with van der Waals surface area (Å²) >= 11 is 11.8. The highest BCUT2D eigenvalue weighted by molar-refractivity contribution is 6.42. The van der Waals surface area contributed by atoms with Gasteiger partial charge in [-0.3, -0.25) is 0 Å². The first-order valence-electron chi connectivity index (χ1n) is 8.23. The third-order valence-electron chi connectivity index (χ3n) is 3.81. The Labute approximate surface area is 170 Å². The molecule has 0 bridgehead atoms. The first-order valence-corrected chi connectivity index (χ1v) is 8.99. The molecule has 0 saturated carbocycles. The predicted octanol–water partition coefficient (Wildman–Crippen LogP) is 6.59. The molecule has 1 aromatic heterocycles. The normalized spacial score (nSPS) is 12.1. The Balaban J connectivity index is 2.62. The van der Waals surface area contributed by atoms with Crippen molar-refractivity contribution in [3.63, 3.8) is 0 Å². The SMILES string of the molecule is CC(C)(C)CCOc1nc(-c2ccc(Cl)c(Cl)c2)cc(C(F)(F)F)c1C(=O)O. The molecule has 0 amide bonds. The van der Waals surface area contributed by atoms with Crippen LogP contribution >= 0.6 is 23.2 Å². The first-order chi connectivity index (χ1) is 12.8. The Bertz CT molecular complexity index is 893. The van der Waals surface area contributed by atoms with Crippen LogP contribution in [-0.2, 0) is 6.18 Å². The van der Waals surface area contributed by atoms with Gasteiger partial charge in [0.1, 0.15) is 5.56 Å². The molecule has 1 N–H and O–H groups in total. The third kappa shape index (κ3) is 5.52. The topological polar surface area (TPSA) is 59.4 Å². The zero-order valence-corrected chi connectivity index (χ0v) is 16.8. The quantitative estimate of drug-likeness (QED) is 0.575. The van der Waals surface area contributed by atoms with Gasteiger partial charge in [0.15, 0.2) is 0 Å². The highest BCUT2D eigenvalue weighted by Gasteiger charge is 2.39. The van der Waals surface area contributed by atoms with E-state index in [0.717, 1.165) is 0 Å². The molecule has 0 spiro atoms. The molecule has 0 fully saturated rings. The van der Waals surface area contributed by atoms with Crippen LogP contribution in [0, 0.1) is 5.41 Å². The molecular formula is C19H18Cl2F3NO3. The van der Waals surface area contributed by atoms with Gasteiger partial charge >= 0.3 is 12.1 Å². The highest BCUT2D eigenvalue weighted by atomic mass is 35.5. The summed E-state index contributed by atoms with van der Waals surface area (Å²) in [7, 11) is 0. The summed E-state index contributed by atoms with van der Waals surface area (Å²) in [6.07, 6.45) is -4.42. The standard InChI is InChI=1S/C19H18Cl2F3NO3/c1-18(2,3)6-7-28-16-15(17(26)27)11(19(22,23)24)9-14(25-16)10-4-5-12(20)13(21)8-10/h4-5,8-9H,6-7H2,1-3H3,(H,26,27). The van der Waals surface area contributed by atoms with Crippen LogP contribution in [0.25, 0.3) is 11.3 Å². The number of carboxylic acid groups (broad SMARTS) is 1. The number of aromatic nitrogens is 1. The zero-order valence-electron chi connectivity index (χ0n) is 15.3. The number of pyridine rings is 1. The summed E-state index contributed by atoms with van der Waals surface area (Å²) in [5.41, 5.74) is -2.40. The van der Waals surface area contributed by atoms with E-state index in [4.69, 9.17) is 27.9 Å². The second-order valence-electron chi connectivity index (χ2n) is 7.33. The number of hydrogen-bond acceptors (Lipinski definition) is 3. The van der Waals surface area contributed by atoms with Crippen LogP contribution < -0.4 is 4.74 Å². The van der Waals surface area contributed by atoms with Crippen LogP contribution in [-0.4, -0.2) is 22.7 Å². The van der Waals surface area contributed by atoms with Gasteiger partial charge < -0.3 is 9.84 Å². The fraction of sp³-hybridized carbons (Fsp3) is 0.368. The van der Waals surface area contributed by atoms with Crippen LogP contribution in [0.1, 0.15) is 43.1 Å². The molecule has 2 aromatic rings. The lowest BCUT2D eigenvalue weighted by Gasteiger charge is -2.20.